The van der Waals surface area contributed by atoms with E-state index in [1.807, 2.05) is 6.07 Å². The quantitative estimate of drug-likeness (QED) is 0.831. The van der Waals surface area contributed by atoms with E-state index in [9.17, 15) is 8.78 Å². The second-order valence-corrected chi connectivity index (χ2v) is 3.41. The fourth-order valence-electron chi connectivity index (χ4n) is 1.00. The molecule has 0 atom stereocenters. The zero-order chi connectivity index (χ0) is 11.4. The van der Waals surface area contributed by atoms with E-state index in [2.05, 4.69) is 20.9 Å². The van der Waals surface area contributed by atoms with Gasteiger partial charge in [-0.2, -0.15) is 10.5 Å². The van der Waals surface area contributed by atoms with Gasteiger partial charge < -0.3 is 0 Å². The molecule has 0 saturated carbocycles. The Morgan fingerprint density at radius 1 is 1.47 bits per heavy atom. The summed E-state index contributed by atoms with van der Waals surface area (Å²) in [5.41, 5.74) is -0.266. The van der Waals surface area contributed by atoms with Gasteiger partial charge in [-0.15, -0.1) is 0 Å². The van der Waals surface area contributed by atoms with Gasteiger partial charge >= 0.3 is 0 Å². The van der Waals surface area contributed by atoms with Crippen LogP contribution in [0.25, 0.3) is 0 Å². The normalized spacial score (nSPS) is 9.73. The molecule has 0 saturated heterocycles. The fraction of sp³-hybridized carbons (Fsp3) is 0.222. The average Bonchev–Trinajstić information content (AvgIpc) is 2.21. The maximum atomic E-state index is 12.4. The second-order valence-electron chi connectivity index (χ2n) is 2.62. The van der Waals surface area contributed by atoms with Crippen LogP contribution in [0.5, 0.6) is 0 Å². The Labute approximate surface area is 93.1 Å². The van der Waals surface area contributed by atoms with Crippen molar-refractivity contribution in [1.29, 1.82) is 10.5 Å². The van der Waals surface area contributed by atoms with Crippen LogP contribution in [-0.2, 0) is 6.42 Å². The number of alkyl halides is 2. The molecule has 1 aromatic rings. The monoisotopic (exact) mass is 271 g/mol. The molecule has 0 unspecified atom stereocenters. The summed E-state index contributed by atoms with van der Waals surface area (Å²) in [5.74, 6) is 0. The van der Waals surface area contributed by atoms with Crippen LogP contribution in [-0.4, -0.2) is 4.98 Å². The standard InChI is InChI=1S/C9H4BrF2N3/c10-8-5(1-2-13)3-6(9(11)12)15-7(8)4-14/h3,9H,1H2. The summed E-state index contributed by atoms with van der Waals surface area (Å²) in [6.45, 7) is 0. The predicted molar refractivity (Wildman–Crippen MR) is 50.9 cm³/mol. The van der Waals surface area contributed by atoms with Crippen LogP contribution in [0.1, 0.15) is 23.4 Å². The molecule has 0 aromatic carbocycles. The molecule has 0 amide bonds. The third-order valence-electron chi connectivity index (χ3n) is 1.65. The maximum Gasteiger partial charge on any atom is 0.280 e. The van der Waals surface area contributed by atoms with E-state index in [4.69, 9.17) is 10.5 Å². The Morgan fingerprint density at radius 2 is 2.13 bits per heavy atom. The van der Waals surface area contributed by atoms with Crippen molar-refractivity contribution >= 4 is 15.9 Å². The highest BCUT2D eigenvalue weighted by Crippen LogP contribution is 2.25. The minimum atomic E-state index is -2.75. The van der Waals surface area contributed by atoms with Crippen LogP contribution in [0.3, 0.4) is 0 Å². The maximum absolute atomic E-state index is 12.4. The molecular formula is C9H4BrF2N3. The van der Waals surface area contributed by atoms with Crippen molar-refractivity contribution in [2.24, 2.45) is 0 Å². The minimum Gasteiger partial charge on any atom is -0.235 e. The van der Waals surface area contributed by atoms with Gasteiger partial charge in [-0.25, -0.2) is 13.8 Å². The molecule has 1 rings (SSSR count). The lowest BCUT2D eigenvalue weighted by Crippen LogP contribution is -1.99. The molecule has 15 heavy (non-hydrogen) atoms. The van der Waals surface area contributed by atoms with Gasteiger partial charge in [0.25, 0.3) is 6.43 Å². The number of nitriles is 2. The van der Waals surface area contributed by atoms with Crippen molar-refractivity contribution in [3.05, 3.63) is 27.5 Å². The number of pyridine rings is 1. The highest BCUT2D eigenvalue weighted by Gasteiger charge is 2.15. The van der Waals surface area contributed by atoms with Crippen LogP contribution >= 0.6 is 15.9 Å². The van der Waals surface area contributed by atoms with Crippen LogP contribution in [0.4, 0.5) is 8.78 Å². The molecule has 0 bridgehead atoms. The highest BCUT2D eigenvalue weighted by atomic mass is 79.9. The van der Waals surface area contributed by atoms with Crippen molar-refractivity contribution in [3.63, 3.8) is 0 Å². The first kappa shape index (κ1) is 11.5. The molecule has 0 aliphatic heterocycles. The molecule has 0 N–H and O–H groups in total. The van der Waals surface area contributed by atoms with Gasteiger partial charge in [0.05, 0.1) is 17.0 Å². The number of hydrogen-bond donors (Lipinski definition) is 0. The number of halogens is 3. The zero-order valence-electron chi connectivity index (χ0n) is 7.34. The number of nitrogens with zero attached hydrogens (tertiary/aromatic N) is 3. The van der Waals surface area contributed by atoms with E-state index in [-0.39, 0.29) is 12.1 Å². The third-order valence-corrected chi connectivity index (χ3v) is 2.54. The first-order valence-corrected chi connectivity index (χ1v) is 4.64. The Morgan fingerprint density at radius 3 is 2.60 bits per heavy atom. The summed E-state index contributed by atoms with van der Waals surface area (Å²) in [4.78, 5) is 3.47. The van der Waals surface area contributed by atoms with Gasteiger partial charge in [-0.1, -0.05) is 0 Å². The predicted octanol–water partition coefficient (Wildman–Crippen LogP) is 2.72. The molecule has 1 aromatic heterocycles. The lowest BCUT2D eigenvalue weighted by atomic mass is 10.1. The molecule has 0 aliphatic rings. The average molecular weight is 272 g/mol. The summed E-state index contributed by atoms with van der Waals surface area (Å²) in [7, 11) is 0. The van der Waals surface area contributed by atoms with Crippen LogP contribution < -0.4 is 0 Å². The Balaban J connectivity index is 3.34. The van der Waals surface area contributed by atoms with Gasteiger partial charge in [0.1, 0.15) is 11.8 Å². The second kappa shape index (κ2) is 4.81. The van der Waals surface area contributed by atoms with Crippen LogP contribution in [0.2, 0.25) is 0 Å². The van der Waals surface area contributed by atoms with Crippen molar-refractivity contribution in [1.82, 2.24) is 4.98 Å². The van der Waals surface area contributed by atoms with Crippen molar-refractivity contribution in [2.75, 3.05) is 0 Å². The van der Waals surface area contributed by atoms with E-state index < -0.39 is 12.1 Å². The molecule has 6 heteroatoms. The SMILES string of the molecule is N#CCc1cc(C(F)F)nc(C#N)c1Br. The summed E-state index contributed by atoms with van der Waals surface area (Å²) in [5, 5.41) is 17.1. The molecule has 76 valence electrons. The summed E-state index contributed by atoms with van der Waals surface area (Å²) >= 11 is 3.04. The minimum absolute atomic E-state index is 0.0441. The summed E-state index contributed by atoms with van der Waals surface area (Å²) < 4.78 is 25.0. The van der Waals surface area contributed by atoms with Crippen LogP contribution in [0, 0.1) is 22.7 Å². The number of rotatable bonds is 2. The van der Waals surface area contributed by atoms with Gasteiger partial charge in [0.15, 0.2) is 5.69 Å². The number of aromatic nitrogens is 1. The third kappa shape index (κ3) is 2.48. The molecule has 1 heterocycles. The van der Waals surface area contributed by atoms with Gasteiger partial charge in [0.2, 0.25) is 0 Å². The first-order chi connectivity index (χ1) is 7.10. The first-order valence-electron chi connectivity index (χ1n) is 3.84. The largest absolute Gasteiger partial charge is 0.280 e. The van der Waals surface area contributed by atoms with E-state index >= 15 is 0 Å². The lowest BCUT2D eigenvalue weighted by molar-refractivity contribution is 0.146. The van der Waals surface area contributed by atoms with E-state index in [1.165, 1.54) is 0 Å². The zero-order valence-corrected chi connectivity index (χ0v) is 8.92. The van der Waals surface area contributed by atoms with Crippen molar-refractivity contribution in [2.45, 2.75) is 12.8 Å². The molecule has 0 aliphatic carbocycles. The lowest BCUT2D eigenvalue weighted by Gasteiger charge is -2.05. The van der Waals surface area contributed by atoms with E-state index in [0.717, 1.165) is 6.07 Å². The van der Waals surface area contributed by atoms with E-state index in [0.29, 0.717) is 10.0 Å². The van der Waals surface area contributed by atoms with Crippen molar-refractivity contribution in [3.8, 4) is 12.1 Å². The molecular weight excluding hydrogens is 268 g/mol. The number of hydrogen-bond acceptors (Lipinski definition) is 3. The molecule has 0 radical (unpaired) electrons. The van der Waals surface area contributed by atoms with Gasteiger partial charge in [-0.3, -0.25) is 0 Å². The summed E-state index contributed by atoms with van der Waals surface area (Å²) in [6.07, 6.45) is -2.79. The van der Waals surface area contributed by atoms with E-state index in [1.54, 1.807) is 6.07 Å². The Bertz CT molecular complexity index is 460. The Kier molecular flexibility index (Phi) is 3.70. The smallest absolute Gasteiger partial charge is 0.235 e. The summed E-state index contributed by atoms with van der Waals surface area (Å²) in [6, 6.07) is 4.64. The molecule has 0 fully saturated rings. The highest BCUT2D eigenvalue weighted by molar-refractivity contribution is 9.10. The molecule has 3 nitrogen and oxygen atoms in total. The topological polar surface area (TPSA) is 60.5 Å². The van der Waals surface area contributed by atoms with Crippen molar-refractivity contribution < 1.29 is 8.78 Å². The fourth-order valence-corrected chi connectivity index (χ4v) is 1.44. The van der Waals surface area contributed by atoms with Gasteiger partial charge in [-0.05, 0) is 27.6 Å². The van der Waals surface area contributed by atoms with Gasteiger partial charge in [0, 0.05) is 0 Å². The van der Waals surface area contributed by atoms with Crippen LogP contribution in [0.15, 0.2) is 10.5 Å². The molecule has 0 spiro atoms. The Hall–Kier alpha value is -1.53.